The molecule has 0 aliphatic carbocycles. The average molecular weight is 345 g/mol. The zero-order valence-electron chi connectivity index (χ0n) is 14.5. The first-order chi connectivity index (χ1) is 11.4. The molecule has 24 heavy (non-hydrogen) atoms. The molecule has 0 bridgehead atoms. The van der Waals surface area contributed by atoms with Gasteiger partial charge in [-0.05, 0) is 44.4 Å². The van der Waals surface area contributed by atoms with Crippen molar-refractivity contribution in [1.29, 1.82) is 0 Å². The van der Waals surface area contributed by atoms with E-state index in [1.807, 2.05) is 39.0 Å². The van der Waals surface area contributed by atoms with Gasteiger partial charge in [0, 0.05) is 17.4 Å². The predicted octanol–water partition coefficient (Wildman–Crippen LogP) is 3.46. The van der Waals surface area contributed by atoms with E-state index in [1.165, 1.54) is 17.8 Å². The summed E-state index contributed by atoms with van der Waals surface area (Å²) in [4.78, 5) is 31.2. The Morgan fingerprint density at radius 3 is 2.79 bits per heavy atom. The van der Waals surface area contributed by atoms with Crippen LogP contribution < -0.4 is 10.9 Å². The van der Waals surface area contributed by atoms with Crippen molar-refractivity contribution in [3.05, 3.63) is 51.4 Å². The number of hydrogen-bond donors (Lipinski definition) is 2. The van der Waals surface area contributed by atoms with Gasteiger partial charge in [0.1, 0.15) is 0 Å². The summed E-state index contributed by atoms with van der Waals surface area (Å²) < 4.78 is 0. The van der Waals surface area contributed by atoms with E-state index in [0.29, 0.717) is 5.16 Å². The van der Waals surface area contributed by atoms with Crippen molar-refractivity contribution in [2.75, 3.05) is 5.32 Å². The molecule has 0 fully saturated rings. The van der Waals surface area contributed by atoms with Gasteiger partial charge in [-0.3, -0.25) is 9.59 Å². The number of aromatic nitrogens is 2. The van der Waals surface area contributed by atoms with E-state index in [1.54, 1.807) is 6.92 Å². The standard InChI is InChI=1S/C18H23N3O2S/c1-5-6-14-10-16(22)21-18(19-14)24-13(4)17(23)20-15-9-11(2)7-8-12(15)3/h7-10,13H,5-6H2,1-4H3,(H,20,23)(H,19,21,22)/t13-/m0/s1. The molecule has 128 valence electrons. The highest BCUT2D eigenvalue weighted by Crippen LogP contribution is 2.22. The van der Waals surface area contributed by atoms with E-state index in [4.69, 9.17) is 0 Å². The van der Waals surface area contributed by atoms with Crippen LogP contribution in [0.1, 0.15) is 37.1 Å². The highest BCUT2D eigenvalue weighted by molar-refractivity contribution is 8.00. The smallest absolute Gasteiger partial charge is 0.251 e. The Kier molecular flexibility index (Phi) is 6.20. The van der Waals surface area contributed by atoms with Crippen molar-refractivity contribution < 1.29 is 4.79 Å². The molecular weight excluding hydrogens is 322 g/mol. The maximum atomic E-state index is 12.4. The van der Waals surface area contributed by atoms with Crippen LogP contribution in [0.3, 0.4) is 0 Å². The highest BCUT2D eigenvalue weighted by atomic mass is 32.2. The number of H-pyrrole nitrogens is 1. The maximum absolute atomic E-state index is 12.4. The summed E-state index contributed by atoms with van der Waals surface area (Å²) in [6.45, 7) is 7.79. The predicted molar refractivity (Wildman–Crippen MR) is 98.7 cm³/mol. The molecular formula is C18H23N3O2S. The summed E-state index contributed by atoms with van der Waals surface area (Å²) in [5, 5.41) is 3.06. The molecule has 0 aliphatic rings. The largest absolute Gasteiger partial charge is 0.325 e. The summed E-state index contributed by atoms with van der Waals surface area (Å²) >= 11 is 1.26. The summed E-state index contributed by atoms with van der Waals surface area (Å²) in [6, 6.07) is 7.45. The summed E-state index contributed by atoms with van der Waals surface area (Å²) in [6.07, 6.45) is 1.67. The van der Waals surface area contributed by atoms with E-state index in [-0.39, 0.29) is 16.7 Å². The second-order valence-corrected chi connectivity index (χ2v) is 7.19. The number of benzene rings is 1. The number of nitrogens with zero attached hydrogens (tertiary/aromatic N) is 1. The molecule has 2 rings (SSSR count). The average Bonchev–Trinajstić information content (AvgIpc) is 2.50. The quantitative estimate of drug-likeness (QED) is 0.621. The number of nitrogens with one attached hydrogen (secondary N) is 2. The Labute approximate surface area is 146 Å². The molecule has 1 atom stereocenters. The van der Waals surface area contributed by atoms with Crippen LogP contribution in [-0.2, 0) is 11.2 Å². The van der Waals surface area contributed by atoms with E-state index < -0.39 is 0 Å². The molecule has 1 aromatic heterocycles. The second kappa shape index (κ2) is 8.15. The van der Waals surface area contributed by atoms with Gasteiger partial charge in [-0.1, -0.05) is 37.2 Å². The Morgan fingerprint density at radius 2 is 2.08 bits per heavy atom. The van der Waals surface area contributed by atoms with Crippen LogP contribution in [0.5, 0.6) is 0 Å². The maximum Gasteiger partial charge on any atom is 0.251 e. The molecule has 0 unspecified atom stereocenters. The van der Waals surface area contributed by atoms with Crippen LogP contribution in [0.15, 0.2) is 34.2 Å². The molecule has 0 aliphatic heterocycles. The SMILES string of the molecule is CCCc1cc(=O)[nH]c(S[C@@H](C)C(=O)Nc2cc(C)ccc2C)n1. The minimum atomic E-state index is -0.370. The number of thioether (sulfide) groups is 1. The van der Waals surface area contributed by atoms with E-state index in [2.05, 4.69) is 15.3 Å². The lowest BCUT2D eigenvalue weighted by Gasteiger charge is -2.14. The molecule has 0 spiro atoms. The monoisotopic (exact) mass is 345 g/mol. The van der Waals surface area contributed by atoms with E-state index in [9.17, 15) is 9.59 Å². The third kappa shape index (κ3) is 4.96. The van der Waals surface area contributed by atoms with Gasteiger partial charge >= 0.3 is 0 Å². The van der Waals surface area contributed by atoms with Crippen molar-refractivity contribution in [2.45, 2.75) is 50.9 Å². The Balaban J connectivity index is 2.09. The van der Waals surface area contributed by atoms with Crippen molar-refractivity contribution in [3.8, 4) is 0 Å². The van der Waals surface area contributed by atoms with Gasteiger partial charge in [0.15, 0.2) is 5.16 Å². The van der Waals surface area contributed by atoms with Crippen molar-refractivity contribution >= 4 is 23.4 Å². The topological polar surface area (TPSA) is 74.8 Å². The fraction of sp³-hybridized carbons (Fsp3) is 0.389. The van der Waals surface area contributed by atoms with Crippen molar-refractivity contribution in [1.82, 2.24) is 9.97 Å². The van der Waals surface area contributed by atoms with Gasteiger partial charge in [-0.2, -0.15) is 0 Å². The van der Waals surface area contributed by atoms with Crippen LogP contribution in [0.4, 0.5) is 5.69 Å². The van der Waals surface area contributed by atoms with Gasteiger partial charge in [0.05, 0.1) is 5.25 Å². The zero-order chi connectivity index (χ0) is 17.7. The molecule has 1 amide bonds. The molecule has 0 saturated heterocycles. The Hall–Kier alpha value is -2.08. The van der Waals surface area contributed by atoms with Crippen molar-refractivity contribution in [3.63, 3.8) is 0 Å². The number of carbonyl (C=O) groups excluding carboxylic acids is 1. The van der Waals surface area contributed by atoms with Gasteiger partial charge in [-0.25, -0.2) is 4.98 Å². The number of aryl methyl sites for hydroxylation is 3. The third-order valence-electron chi connectivity index (χ3n) is 3.59. The van der Waals surface area contributed by atoms with Crippen LogP contribution in [0, 0.1) is 13.8 Å². The van der Waals surface area contributed by atoms with Crippen LogP contribution in [0.25, 0.3) is 0 Å². The summed E-state index contributed by atoms with van der Waals surface area (Å²) in [5.41, 5.74) is 3.50. The molecule has 1 heterocycles. The van der Waals surface area contributed by atoms with Gasteiger partial charge in [0.2, 0.25) is 5.91 Å². The number of anilines is 1. The van der Waals surface area contributed by atoms with Crippen LogP contribution >= 0.6 is 11.8 Å². The lowest BCUT2D eigenvalue weighted by Crippen LogP contribution is -2.23. The molecule has 0 radical (unpaired) electrons. The van der Waals surface area contributed by atoms with E-state index >= 15 is 0 Å². The van der Waals surface area contributed by atoms with Gasteiger partial charge < -0.3 is 10.3 Å². The van der Waals surface area contributed by atoms with Crippen LogP contribution in [-0.4, -0.2) is 21.1 Å². The number of aromatic amines is 1. The Morgan fingerprint density at radius 1 is 1.33 bits per heavy atom. The fourth-order valence-corrected chi connectivity index (χ4v) is 3.08. The van der Waals surface area contributed by atoms with Crippen LogP contribution in [0.2, 0.25) is 0 Å². The lowest BCUT2D eigenvalue weighted by atomic mass is 10.1. The number of carbonyl (C=O) groups is 1. The molecule has 2 N–H and O–H groups in total. The molecule has 2 aromatic rings. The first-order valence-corrected chi connectivity index (χ1v) is 8.92. The zero-order valence-corrected chi connectivity index (χ0v) is 15.3. The number of amides is 1. The first-order valence-electron chi connectivity index (χ1n) is 8.04. The summed E-state index contributed by atoms with van der Waals surface area (Å²) in [7, 11) is 0. The van der Waals surface area contributed by atoms with E-state index in [0.717, 1.165) is 35.3 Å². The molecule has 0 saturated carbocycles. The minimum absolute atomic E-state index is 0.114. The minimum Gasteiger partial charge on any atom is -0.325 e. The lowest BCUT2D eigenvalue weighted by molar-refractivity contribution is -0.115. The third-order valence-corrected chi connectivity index (χ3v) is 4.57. The number of rotatable bonds is 6. The van der Waals surface area contributed by atoms with Crippen molar-refractivity contribution in [2.24, 2.45) is 0 Å². The van der Waals surface area contributed by atoms with Gasteiger partial charge in [0.25, 0.3) is 5.56 Å². The second-order valence-electron chi connectivity index (χ2n) is 5.86. The summed E-state index contributed by atoms with van der Waals surface area (Å²) in [5.74, 6) is -0.114. The fourth-order valence-electron chi connectivity index (χ4n) is 2.25. The Bertz CT molecular complexity index is 786. The molecule has 1 aromatic carbocycles. The van der Waals surface area contributed by atoms with Gasteiger partial charge in [-0.15, -0.1) is 0 Å². The molecule has 5 nitrogen and oxygen atoms in total. The normalized spacial score (nSPS) is 12.0. The number of hydrogen-bond acceptors (Lipinski definition) is 4. The highest BCUT2D eigenvalue weighted by Gasteiger charge is 2.17. The first kappa shape index (κ1) is 18.3. The molecule has 6 heteroatoms.